The molecular formula is C16H15F2N3O4S. The van der Waals surface area contributed by atoms with Crippen molar-refractivity contribution in [3.63, 3.8) is 0 Å². The number of benzene rings is 1. The number of ether oxygens (including phenoxy) is 3. The number of alkyl halides is 2. The lowest BCUT2D eigenvalue weighted by molar-refractivity contribution is -0.0497. The summed E-state index contributed by atoms with van der Waals surface area (Å²) in [7, 11) is -1.85. The Kier molecular flexibility index (Phi) is 2.96. The van der Waals surface area contributed by atoms with Crippen molar-refractivity contribution in [2.45, 2.75) is 17.4 Å². The molecule has 0 aliphatic heterocycles. The predicted octanol–water partition coefficient (Wildman–Crippen LogP) is 2.88. The molecule has 138 valence electrons. The van der Waals surface area contributed by atoms with E-state index in [1.807, 2.05) is 0 Å². The minimum absolute atomic E-state index is 0.415. The molecular weight excluding hydrogens is 368 g/mol. The summed E-state index contributed by atoms with van der Waals surface area (Å²) in [4.78, 5) is 9.89. The van der Waals surface area contributed by atoms with E-state index in [2.05, 4.69) is 19.7 Å². The van der Waals surface area contributed by atoms with Crippen molar-refractivity contribution in [2.24, 2.45) is 0 Å². The second kappa shape index (κ2) is 7.75. The van der Waals surface area contributed by atoms with Gasteiger partial charge in [0.2, 0.25) is 0 Å². The second-order valence-electron chi connectivity index (χ2n) is 4.46. The smallest absolute Gasteiger partial charge is 0.387 e. The summed E-state index contributed by atoms with van der Waals surface area (Å²) in [5, 5.41) is -0.660. The molecule has 1 unspecified atom stereocenters. The van der Waals surface area contributed by atoms with E-state index in [1.165, 1.54) is 0 Å². The highest BCUT2D eigenvalue weighted by molar-refractivity contribution is 7.90. The van der Waals surface area contributed by atoms with Crippen LogP contribution in [0.15, 0.2) is 35.5 Å². The first kappa shape index (κ1) is 9.93. The minimum atomic E-state index is -4.51. The molecule has 2 aromatic heterocycles. The molecule has 0 aliphatic carbocycles. The normalized spacial score (nSPS) is 18.8. The van der Waals surface area contributed by atoms with Gasteiger partial charge < -0.3 is 18.8 Å². The molecule has 3 aromatic rings. The van der Waals surface area contributed by atoms with Gasteiger partial charge in [-0.15, -0.1) is 0 Å². The zero-order valence-electron chi connectivity index (χ0n) is 21.8. The van der Waals surface area contributed by atoms with Gasteiger partial charge in [-0.25, -0.2) is 0 Å². The number of imidazole rings is 1. The highest BCUT2D eigenvalue weighted by Crippen LogP contribution is 2.31. The molecule has 7 nitrogen and oxygen atoms in total. The van der Waals surface area contributed by atoms with Gasteiger partial charge in [-0.2, -0.15) is 13.8 Å². The lowest BCUT2D eigenvalue weighted by Crippen LogP contribution is -2.10. The molecule has 3 rings (SSSR count). The molecule has 1 N–H and O–H groups in total. The van der Waals surface area contributed by atoms with Crippen LogP contribution in [-0.4, -0.2) is 40.2 Å². The average Bonchev–Trinajstić information content (AvgIpc) is 3.18. The van der Waals surface area contributed by atoms with Gasteiger partial charge >= 0.3 is 11.7 Å². The topological polar surface area (TPSA) is 92.3 Å². The van der Waals surface area contributed by atoms with Gasteiger partial charge in [0.1, 0.15) is 11.4 Å². The van der Waals surface area contributed by atoms with E-state index in [0.29, 0.717) is 0 Å². The zero-order chi connectivity index (χ0) is 26.5. The number of aromatic amines is 1. The van der Waals surface area contributed by atoms with Gasteiger partial charge in [-0.1, -0.05) is 0 Å². The summed E-state index contributed by atoms with van der Waals surface area (Å²) >= 11 is -2.80. The molecule has 0 amide bonds. The summed E-state index contributed by atoms with van der Waals surface area (Å²) < 4.78 is 122. The number of aromatic nitrogens is 3. The van der Waals surface area contributed by atoms with Crippen LogP contribution in [0.25, 0.3) is 11.0 Å². The zero-order valence-corrected chi connectivity index (χ0v) is 13.7. The second-order valence-corrected chi connectivity index (χ2v) is 5.59. The number of hydrogen-bond donors (Lipinski definition) is 1. The summed E-state index contributed by atoms with van der Waals surface area (Å²) in [6, 6.07) is -1.60. The summed E-state index contributed by atoms with van der Waals surface area (Å²) in [6.45, 7) is -4.51. The number of nitrogens with one attached hydrogen (secondary N) is 1. The number of rotatable bonds is 7. The fourth-order valence-corrected chi connectivity index (χ4v) is 2.71. The maximum Gasteiger partial charge on any atom is 0.387 e. The van der Waals surface area contributed by atoms with Crippen molar-refractivity contribution < 1.29 is 39.9 Å². The van der Waals surface area contributed by atoms with Crippen molar-refractivity contribution in [1.29, 1.82) is 0 Å². The molecule has 0 radical (unpaired) electrons. The maximum atomic E-state index is 13.2. The SMILES string of the molecule is [2H]c1c(OC([2H])(F)F)c([2H])c2[nH]c([S+]([O-])C([2H])([2H])c3nccc(OC([2H])([2H])[2H])c3OC)nc2c1[2H]. The molecule has 0 aliphatic rings. The standard InChI is InChI=1S/C16H15F2N3O4S/c1-23-13-5-6-19-12(14(13)24-2)8-26(22)16-20-10-4-3-9(25-15(17)18)7-11(10)21-16/h3-7,15H,8H2,1-2H3,(H,20,21)/i1D3,3D,4D,7D,8D2,15D. The summed E-state index contributed by atoms with van der Waals surface area (Å²) in [5.41, 5.74) is -4.48. The lowest BCUT2D eigenvalue weighted by Gasteiger charge is -2.12. The van der Waals surface area contributed by atoms with Crippen LogP contribution in [-0.2, 0) is 16.9 Å². The Labute approximate surface area is 163 Å². The Morgan fingerprint density at radius 1 is 1.50 bits per heavy atom. The molecule has 2 heterocycles. The van der Waals surface area contributed by atoms with Gasteiger partial charge in [0.25, 0.3) is 0 Å². The number of H-pyrrole nitrogens is 1. The van der Waals surface area contributed by atoms with Gasteiger partial charge in [-0.05, 0) is 12.1 Å². The molecule has 1 atom stereocenters. The lowest BCUT2D eigenvalue weighted by atomic mass is 10.3. The van der Waals surface area contributed by atoms with Gasteiger partial charge in [0.15, 0.2) is 18.6 Å². The van der Waals surface area contributed by atoms with Crippen LogP contribution in [0.1, 0.15) is 18.0 Å². The van der Waals surface area contributed by atoms with E-state index in [9.17, 15) is 13.3 Å². The fraction of sp³-hybridized carbons (Fsp3) is 0.250. The number of nitrogens with zero attached hydrogens (tertiary/aromatic N) is 2. The van der Waals surface area contributed by atoms with Crippen LogP contribution in [0.5, 0.6) is 17.2 Å². The molecule has 1 aromatic carbocycles. The third-order valence-corrected chi connectivity index (χ3v) is 3.87. The monoisotopic (exact) mass is 392 g/mol. The molecule has 0 bridgehead atoms. The molecule has 0 spiro atoms. The van der Waals surface area contributed by atoms with Crippen molar-refractivity contribution in [3.8, 4) is 17.2 Å². The largest absolute Gasteiger partial charge is 0.609 e. The van der Waals surface area contributed by atoms with E-state index in [1.54, 1.807) is 0 Å². The summed E-state index contributed by atoms with van der Waals surface area (Å²) in [5.74, 6) is -1.99. The van der Waals surface area contributed by atoms with E-state index in [0.717, 1.165) is 19.4 Å². The Hall–Kier alpha value is -2.59. The number of fused-ring (bicyclic) bond motifs is 1. The van der Waals surface area contributed by atoms with Crippen molar-refractivity contribution in [1.82, 2.24) is 15.0 Å². The Morgan fingerprint density at radius 3 is 3.08 bits per heavy atom. The molecule has 0 fully saturated rings. The van der Waals surface area contributed by atoms with Gasteiger partial charge in [0, 0.05) is 29.5 Å². The fourth-order valence-electron chi connectivity index (χ4n) is 1.93. The first-order chi connectivity index (χ1) is 16.0. The van der Waals surface area contributed by atoms with E-state index < -0.39 is 87.8 Å². The van der Waals surface area contributed by atoms with E-state index in [-0.39, 0.29) is 0 Å². The van der Waals surface area contributed by atoms with Gasteiger partial charge in [0.05, 0.1) is 36.1 Å². The molecule has 0 saturated carbocycles. The van der Waals surface area contributed by atoms with Crippen LogP contribution >= 0.6 is 0 Å². The Bertz CT molecular complexity index is 1270. The number of methoxy groups -OCH3 is 2. The van der Waals surface area contributed by atoms with Crippen LogP contribution in [0.3, 0.4) is 0 Å². The summed E-state index contributed by atoms with van der Waals surface area (Å²) in [6.07, 6.45) is 0.993. The number of pyridine rings is 1. The third kappa shape index (κ3) is 3.81. The Morgan fingerprint density at radius 2 is 2.35 bits per heavy atom. The van der Waals surface area contributed by atoms with Crippen LogP contribution < -0.4 is 14.2 Å². The number of hydrogen-bond acceptors (Lipinski definition) is 6. The van der Waals surface area contributed by atoms with E-state index in [4.69, 9.17) is 21.8 Å². The van der Waals surface area contributed by atoms with Crippen LogP contribution in [0, 0.1) is 0 Å². The van der Waals surface area contributed by atoms with Crippen molar-refractivity contribution in [2.75, 3.05) is 14.1 Å². The molecule has 0 saturated heterocycles. The predicted molar refractivity (Wildman–Crippen MR) is 90.2 cm³/mol. The van der Waals surface area contributed by atoms with Crippen LogP contribution in [0.4, 0.5) is 8.78 Å². The quantitative estimate of drug-likeness (QED) is 0.622. The molecule has 10 heteroatoms. The van der Waals surface area contributed by atoms with Crippen molar-refractivity contribution in [3.05, 3.63) is 36.1 Å². The highest BCUT2D eigenvalue weighted by atomic mass is 32.2. The number of halogens is 2. The van der Waals surface area contributed by atoms with E-state index >= 15 is 0 Å². The first-order valence-electron chi connectivity index (χ1n) is 11.2. The van der Waals surface area contributed by atoms with Crippen molar-refractivity contribution >= 4 is 22.2 Å². The third-order valence-electron chi connectivity index (χ3n) is 2.94. The average molecular weight is 392 g/mol. The Balaban J connectivity index is 2.12. The minimum Gasteiger partial charge on any atom is -0.609 e. The van der Waals surface area contributed by atoms with Gasteiger partial charge in [-0.3, -0.25) is 9.97 Å². The first-order valence-corrected chi connectivity index (χ1v) is 7.83. The highest BCUT2D eigenvalue weighted by Gasteiger charge is 2.22. The van der Waals surface area contributed by atoms with Crippen LogP contribution in [0.2, 0.25) is 0 Å². The molecule has 26 heavy (non-hydrogen) atoms. The maximum absolute atomic E-state index is 13.2.